The van der Waals surface area contributed by atoms with Gasteiger partial charge in [0.1, 0.15) is 31.0 Å². The lowest BCUT2D eigenvalue weighted by Crippen LogP contribution is -2.60. The number of aliphatic hydroxyl groups is 5. The van der Waals surface area contributed by atoms with Crippen LogP contribution < -0.4 is 0 Å². The monoisotopic (exact) mass is 556 g/mol. The molecular formula is C27H40O12. The van der Waals surface area contributed by atoms with E-state index in [4.69, 9.17) is 23.7 Å². The molecular weight excluding hydrogens is 516 g/mol. The number of ether oxygens (including phenoxy) is 5. The van der Waals surface area contributed by atoms with Crippen molar-refractivity contribution in [2.24, 2.45) is 17.8 Å². The minimum atomic E-state index is -1.68. The van der Waals surface area contributed by atoms with Crippen LogP contribution in [0.15, 0.2) is 36.1 Å². The van der Waals surface area contributed by atoms with E-state index in [-0.39, 0.29) is 23.5 Å². The second-order valence-corrected chi connectivity index (χ2v) is 10.7. The molecule has 1 unspecified atom stereocenters. The number of carbonyl (C=O) groups excluding carboxylic acids is 2. The number of esters is 2. The maximum atomic E-state index is 12.4. The van der Waals surface area contributed by atoms with Crippen LogP contribution in [-0.2, 0) is 33.3 Å². The first kappa shape index (κ1) is 31.2. The predicted octanol–water partition coefficient (Wildman–Crippen LogP) is 0.0636. The van der Waals surface area contributed by atoms with Gasteiger partial charge in [-0.2, -0.15) is 0 Å². The largest absolute Gasteiger partial charge is 0.472 e. The van der Waals surface area contributed by atoms with Gasteiger partial charge in [0, 0.05) is 17.4 Å². The zero-order chi connectivity index (χ0) is 29.1. The van der Waals surface area contributed by atoms with Crippen molar-refractivity contribution in [1.29, 1.82) is 0 Å². The standard InChI is InChI=1S/C27H40O12/c1-6-27(4,34)9-7-8-13(2)23(32)36-12-18-20(29)21(30)22(31)26(38-18)39-25-19-14(3)17(28)10-15(19)16(11-37-25)24(33)35-5/h6,8,11,14-15,17-22,25-26,28-31,34H,1,7,9-10,12H2,2-5H3/b13-8+/t14-,15+,17-,18+,19+,20+,21-,22+,25-,26-,27?/m0/s1. The first-order valence-electron chi connectivity index (χ1n) is 13.0. The SMILES string of the molecule is C=CC(C)(O)CC/C=C(\C)C(=O)OC[C@H]1O[C@@H](O[C@@H]2OC=C(C(=O)OC)[C@H]3C[C@H](O)[C@H](C)[C@@H]23)[C@H](O)[C@@H](O)[C@@H]1O. The van der Waals surface area contributed by atoms with Crippen molar-refractivity contribution in [1.82, 2.24) is 0 Å². The molecule has 0 aromatic carbocycles. The number of rotatable bonds is 10. The lowest BCUT2D eigenvalue weighted by atomic mass is 9.83. The molecule has 12 nitrogen and oxygen atoms in total. The van der Waals surface area contributed by atoms with Crippen LogP contribution in [0.3, 0.4) is 0 Å². The third kappa shape index (κ3) is 7.07. The van der Waals surface area contributed by atoms with E-state index in [1.807, 2.05) is 0 Å². The summed E-state index contributed by atoms with van der Waals surface area (Å²) in [6, 6.07) is 0. The minimum Gasteiger partial charge on any atom is -0.472 e. The molecule has 0 aromatic rings. The molecule has 0 radical (unpaired) electrons. The third-order valence-electron chi connectivity index (χ3n) is 7.82. The van der Waals surface area contributed by atoms with Gasteiger partial charge in [0.05, 0.1) is 30.6 Å². The van der Waals surface area contributed by atoms with E-state index < -0.39 is 79.1 Å². The number of hydrogen-bond donors (Lipinski definition) is 5. The zero-order valence-electron chi connectivity index (χ0n) is 22.6. The topological polar surface area (TPSA) is 181 Å². The van der Waals surface area contributed by atoms with Crippen molar-refractivity contribution in [3.05, 3.63) is 36.1 Å². The molecule has 11 atom stereocenters. The Balaban J connectivity index is 1.65. The van der Waals surface area contributed by atoms with Gasteiger partial charge in [-0.15, -0.1) is 6.58 Å². The molecule has 2 heterocycles. The normalized spacial score (nSPS) is 38.1. The Labute approximate surface area is 227 Å². The first-order valence-corrected chi connectivity index (χ1v) is 13.0. The van der Waals surface area contributed by atoms with Gasteiger partial charge in [0.2, 0.25) is 6.29 Å². The molecule has 1 aliphatic carbocycles. The Morgan fingerprint density at radius 1 is 1.18 bits per heavy atom. The van der Waals surface area contributed by atoms with Crippen molar-refractivity contribution in [3.8, 4) is 0 Å². The molecule has 1 saturated heterocycles. The quantitative estimate of drug-likeness (QED) is 0.139. The van der Waals surface area contributed by atoms with Gasteiger partial charge in [-0.05, 0) is 39.0 Å². The summed E-state index contributed by atoms with van der Waals surface area (Å²) in [5, 5.41) is 51.9. The van der Waals surface area contributed by atoms with E-state index in [2.05, 4.69) is 6.58 Å². The zero-order valence-corrected chi connectivity index (χ0v) is 22.6. The molecule has 39 heavy (non-hydrogen) atoms. The van der Waals surface area contributed by atoms with Crippen molar-refractivity contribution >= 4 is 11.9 Å². The molecule has 0 aromatic heterocycles. The average molecular weight is 557 g/mol. The predicted molar refractivity (Wildman–Crippen MR) is 134 cm³/mol. The minimum absolute atomic E-state index is 0.257. The average Bonchev–Trinajstić information content (AvgIpc) is 3.21. The Hall–Kier alpha value is -2.32. The number of allylic oxidation sites excluding steroid dienone is 1. The van der Waals surface area contributed by atoms with Gasteiger partial charge in [0.15, 0.2) is 6.29 Å². The summed E-state index contributed by atoms with van der Waals surface area (Å²) >= 11 is 0. The van der Waals surface area contributed by atoms with Crippen molar-refractivity contribution < 1.29 is 58.8 Å². The fourth-order valence-corrected chi connectivity index (χ4v) is 5.12. The second-order valence-electron chi connectivity index (χ2n) is 10.7. The third-order valence-corrected chi connectivity index (χ3v) is 7.82. The van der Waals surface area contributed by atoms with Crippen LogP contribution in [0.1, 0.15) is 40.0 Å². The highest BCUT2D eigenvalue weighted by Gasteiger charge is 2.53. The summed E-state index contributed by atoms with van der Waals surface area (Å²) in [4.78, 5) is 24.6. The van der Waals surface area contributed by atoms with Crippen LogP contribution in [-0.4, -0.2) is 99.9 Å². The maximum Gasteiger partial charge on any atom is 0.337 e. The van der Waals surface area contributed by atoms with E-state index in [0.717, 1.165) is 0 Å². The van der Waals surface area contributed by atoms with E-state index >= 15 is 0 Å². The van der Waals surface area contributed by atoms with Gasteiger partial charge in [-0.3, -0.25) is 0 Å². The van der Waals surface area contributed by atoms with E-state index in [0.29, 0.717) is 12.8 Å². The number of hydrogen-bond acceptors (Lipinski definition) is 12. The smallest absolute Gasteiger partial charge is 0.337 e. The molecule has 0 amide bonds. The second kappa shape index (κ2) is 12.9. The van der Waals surface area contributed by atoms with Gasteiger partial charge in [0.25, 0.3) is 0 Å². The first-order chi connectivity index (χ1) is 18.3. The molecule has 3 rings (SSSR count). The van der Waals surface area contributed by atoms with Crippen LogP contribution >= 0.6 is 0 Å². The van der Waals surface area contributed by atoms with E-state index in [1.165, 1.54) is 26.4 Å². The van der Waals surface area contributed by atoms with Crippen LogP contribution in [0.4, 0.5) is 0 Å². The Morgan fingerprint density at radius 3 is 2.51 bits per heavy atom. The van der Waals surface area contributed by atoms with Crippen molar-refractivity contribution in [3.63, 3.8) is 0 Å². The Bertz CT molecular complexity index is 958. The molecule has 1 saturated carbocycles. The van der Waals surface area contributed by atoms with Crippen LogP contribution in [0, 0.1) is 17.8 Å². The molecule has 0 bridgehead atoms. The lowest BCUT2D eigenvalue weighted by molar-refractivity contribution is -0.342. The van der Waals surface area contributed by atoms with Gasteiger partial charge >= 0.3 is 11.9 Å². The summed E-state index contributed by atoms with van der Waals surface area (Å²) in [7, 11) is 1.24. The summed E-state index contributed by atoms with van der Waals surface area (Å²) in [5.41, 5.74) is -0.537. The summed E-state index contributed by atoms with van der Waals surface area (Å²) in [6.07, 6.45) is -4.20. The highest BCUT2D eigenvalue weighted by atomic mass is 16.8. The van der Waals surface area contributed by atoms with Gasteiger partial charge in [-0.1, -0.05) is 19.1 Å². The summed E-state index contributed by atoms with van der Waals surface area (Å²) in [5.74, 6) is -2.54. The molecule has 0 spiro atoms. The van der Waals surface area contributed by atoms with Crippen molar-refractivity contribution in [2.45, 2.75) is 88.7 Å². The fraction of sp³-hybridized carbons (Fsp3) is 0.704. The number of aliphatic hydroxyl groups excluding tert-OH is 4. The Kier molecular flexibility index (Phi) is 10.3. The number of carbonyl (C=O) groups is 2. The lowest BCUT2D eigenvalue weighted by Gasteiger charge is -2.43. The molecule has 2 fully saturated rings. The van der Waals surface area contributed by atoms with Crippen molar-refractivity contribution in [2.75, 3.05) is 13.7 Å². The summed E-state index contributed by atoms with van der Waals surface area (Å²) < 4.78 is 27.3. The number of methoxy groups -OCH3 is 1. The molecule has 2 aliphatic heterocycles. The van der Waals surface area contributed by atoms with Crippen LogP contribution in [0.2, 0.25) is 0 Å². The molecule has 3 aliphatic rings. The van der Waals surface area contributed by atoms with Crippen LogP contribution in [0.5, 0.6) is 0 Å². The maximum absolute atomic E-state index is 12.4. The molecule has 220 valence electrons. The van der Waals surface area contributed by atoms with E-state index in [9.17, 15) is 35.1 Å². The highest BCUT2D eigenvalue weighted by molar-refractivity contribution is 5.89. The van der Waals surface area contributed by atoms with Gasteiger partial charge in [-0.25, -0.2) is 9.59 Å². The fourth-order valence-electron chi connectivity index (χ4n) is 5.12. The molecule has 5 N–H and O–H groups in total. The highest BCUT2D eigenvalue weighted by Crippen LogP contribution is 2.47. The summed E-state index contributed by atoms with van der Waals surface area (Å²) in [6.45, 7) is 8.03. The molecule has 12 heteroatoms. The number of fused-ring (bicyclic) bond motifs is 1. The van der Waals surface area contributed by atoms with Crippen LogP contribution in [0.25, 0.3) is 0 Å². The van der Waals surface area contributed by atoms with Gasteiger partial charge < -0.3 is 49.2 Å². The Morgan fingerprint density at radius 2 is 1.87 bits per heavy atom. The van der Waals surface area contributed by atoms with E-state index in [1.54, 1.807) is 19.9 Å².